The molecule has 0 amide bonds. The zero-order valence-corrected chi connectivity index (χ0v) is 22.5. The van der Waals surface area contributed by atoms with E-state index in [1.54, 1.807) is 37.7 Å². The number of esters is 2. The second-order valence-electron chi connectivity index (χ2n) is 9.39. The minimum Gasteiger partial charge on any atom is -0.468 e. The predicted molar refractivity (Wildman–Crippen MR) is 141 cm³/mol. The van der Waals surface area contributed by atoms with Crippen molar-refractivity contribution in [3.63, 3.8) is 0 Å². The number of Topliss-reactive ketones (excluding diaryl/α,β-unsaturated/α-hetero) is 1. The first-order chi connectivity index (χ1) is 17.7. The average Bonchev–Trinajstić information content (AvgIpc) is 2.86. The normalized spacial score (nSPS) is 21.5. The van der Waals surface area contributed by atoms with E-state index in [1.807, 2.05) is 19.9 Å². The average molecular weight is 526 g/mol. The Bertz CT molecular complexity index is 1390. The molecule has 2 aromatic rings. The molecule has 0 fully saturated rings. The predicted octanol–water partition coefficient (Wildman–Crippen LogP) is 4.01. The van der Waals surface area contributed by atoms with Crippen LogP contribution >= 0.6 is 11.8 Å². The first kappa shape index (κ1) is 26.7. The number of rotatable bonds is 7. The van der Waals surface area contributed by atoms with Gasteiger partial charge >= 0.3 is 11.9 Å². The Hall–Kier alpha value is -3.33. The number of thioether (sulfide) groups is 1. The number of ether oxygens (including phenoxy) is 2. The Morgan fingerprint density at radius 1 is 1.22 bits per heavy atom. The van der Waals surface area contributed by atoms with Crippen molar-refractivity contribution in [3.8, 4) is 0 Å². The lowest BCUT2D eigenvalue weighted by molar-refractivity contribution is -0.151. The van der Waals surface area contributed by atoms with Crippen LogP contribution in [0.5, 0.6) is 0 Å². The molecule has 196 valence electrons. The zero-order valence-electron chi connectivity index (χ0n) is 21.6. The third kappa shape index (κ3) is 4.97. The Kier molecular flexibility index (Phi) is 7.92. The molecule has 0 spiro atoms. The Balaban J connectivity index is 1.90. The summed E-state index contributed by atoms with van der Waals surface area (Å²) in [6.07, 6.45) is 1.69. The SMILES string of the molecule is CCSCCOC(=O)C1=C(C)NC2=C(C(=O)[C@@H](C(=O)OC)[C@@H](C)C2)[C@@H]1c1coc2ccc(C)cc2c1=O. The first-order valence-electron chi connectivity index (χ1n) is 12.3. The smallest absolute Gasteiger partial charge is 0.336 e. The molecule has 3 atom stereocenters. The molecule has 1 aromatic carbocycles. The van der Waals surface area contributed by atoms with E-state index in [9.17, 15) is 19.2 Å². The molecule has 1 aromatic heterocycles. The van der Waals surface area contributed by atoms with Crippen LogP contribution in [0.4, 0.5) is 0 Å². The third-order valence-corrected chi connectivity index (χ3v) is 7.76. The van der Waals surface area contributed by atoms with Crippen molar-refractivity contribution < 1.29 is 28.3 Å². The molecular formula is C28H31NO7S. The Labute approximate surface area is 219 Å². The summed E-state index contributed by atoms with van der Waals surface area (Å²) in [5.74, 6) is -2.64. The van der Waals surface area contributed by atoms with Crippen LogP contribution in [0.25, 0.3) is 11.0 Å². The van der Waals surface area contributed by atoms with Crippen molar-refractivity contribution in [2.45, 2.75) is 40.0 Å². The van der Waals surface area contributed by atoms with E-state index in [0.717, 1.165) is 11.3 Å². The van der Waals surface area contributed by atoms with Crippen LogP contribution in [-0.4, -0.2) is 42.9 Å². The van der Waals surface area contributed by atoms with Gasteiger partial charge in [0, 0.05) is 28.3 Å². The largest absolute Gasteiger partial charge is 0.468 e. The first-order valence-corrected chi connectivity index (χ1v) is 13.4. The van der Waals surface area contributed by atoms with Crippen LogP contribution in [0.1, 0.15) is 44.2 Å². The molecule has 0 radical (unpaired) electrons. The van der Waals surface area contributed by atoms with E-state index in [4.69, 9.17) is 13.9 Å². The highest BCUT2D eigenvalue weighted by molar-refractivity contribution is 7.99. The van der Waals surface area contributed by atoms with Gasteiger partial charge in [-0.25, -0.2) is 4.79 Å². The van der Waals surface area contributed by atoms with Crippen LogP contribution in [0.3, 0.4) is 0 Å². The molecule has 9 heteroatoms. The van der Waals surface area contributed by atoms with Crippen molar-refractivity contribution in [1.29, 1.82) is 0 Å². The van der Waals surface area contributed by atoms with Gasteiger partial charge in [-0.15, -0.1) is 0 Å². The fourth-order valence-electron chi connectivity index (χ4n) is 5.14. The number of carbonyl (C=O) groups is 3. The van der Waals surface area contributed by atoms with Crippen LogP contribution in [-0.2, 0) is 23.9 Å². The van der Waals surface area contributed by atoms with Gasteiger partial charge in [0.1, 0.15) is 18.1 Å². The van der Waals surface area contributed by atoms with Crippen LogP contribution in [0.15, 0.2) is 56.2 Å². The summed E-state index contributed by atoms with van der Waals surface area (Å²) >= 11 is 1.64. The zero-order chi connectivity index (χ0) is 26.9. The molecule has 0 bridgehead atoms. The van der Waals surface area contributed by atoms with Crippen molar-refractivity contribution in [1.82, 2.24) is 5.32 Å². The van der Waals surface area contributed by atoms with Gasteiger partial charge in [-0.2, -0.15) is 11.8 Å². The van der Waals surface area contributed by atoms with E-state index in [1.165, 1.54) is 13.4 Å². The number of carbonyl (C=O) groups excluding carboxylic acids is 3. The fourth-order valence-corrected chi connectivity index (χ4v) is 5.63. The van der Waals surface area contributed by atoms with Crippen molar-refractivity contribution >= 4 is 40.5 Å². The lowest BCUT2D eigenvalue weighted by Crippen LogP contribution is -2.44. The maximum atomic E-state index is 13.8. The van der Waals surface area contributed by atoms with Gasteiger partial charge in [0.2, 0.25) is 0 Å². The van der Waals surface area contributed by atoms with Crippen molar-refractivity contribution in [3.05, 3.63) is 68.4 Å². The molecule has 1 N–H and O–H groups in total. The molecule has 0 unspecified atom stereocenters. The second-order valence-corrected chi connectivity index (χ2v) is 10.8. The summed E-state index contributed by atoms with van der Waals surface area (Å²) in [5.41, 5.74) is 2.52. The highest BCUT2D eigenvalue weighted by atomic mass is 32.2. The van der Waals surface area contributed by atoms with E-state index >= 15 is 0 Å². The quantitative estimate of drug-likeness (QED) is 0.325. The molecule has 2 aliphatic rings. The van der Waals surface area contributed by atoms with Crippen molar-refractivity contribution in [2.24, 2.45) is 11.8 Å². The second kappa shape index (κ2) is 11.0. The van der Waals surface area contributed by atoms with Gasteiger partial charge < -0.3 is 19.2 Å². The summed E-state index contributed by atoms with van der Waals surface area (Å²) in [4.78, 5) is 53.6. The number of hydrogen-bond donors (Lipinski definition) is 1. The van der Waals surface area contributed by atoms with Gasteiger partial charge in [-0.05, 0) is 44.1 Å². The molecule has 8 nitrogen and oxygen atoms in total. The van der Waals surface area contributed by atoms with Gasteiger partial charge in [-0.1, -0.05) is 25.5 Å². The number of dihydropyridines is 1. The number of aryl methyl sites for hydroxylation is 1. The van der Waals surface area contributed by atoms with Crippen LogP contribution in [0.2, 0.25) is 0 Å². The lowest BCUT2D eigenvalue weighted by atomic mass is 9.69. The number of fused-ring (bicyclic) bond motifs is 1. The van der Waals surface area contributed by atoms with Gasteiger partial charge in [0.05, 0.1) is 30.3 Å². The molecular weight excluding hydrogens is 494 g/mol. The Morgan fingerprint density at radius 3 is 2.68 bits per heavy atom. The number of allylic oxidation sites excluding steroid dienone is 3. The molecule has 0 saturated carbocycles. The van der Waals surface area contributed by atoms with E-state index in [2.05, 4.69) is 5.32 Å². The van der Waals surface area contributed by atoms with Gasteiger partial charge in [0.25, 0.3) is 0 Å². The topological polar surface area (TPSA) is 112 Å². The van der Waals surface area contributed by atoms with Gasteiger partial charge in [0.15, 0.2) is 11.2 Å². The molecule has 0 saturated heterocycles. The standard InChI is InChI=1S/C28H31NO7S/c1-6-37-10-9-35-28(33)22-16(4)29-19-12-15(3)21(27(32)34-5)26(31)24(19)23(22)18-13-36-20-8-7-14(2)11-17(20)25(18)30/h7-8,11,13,15,21,23,29H,6,9-10,12H2,1-5H3/t15-,21-,23+/m0/s1. The van der Waals surface area contributed by atoms with Crippen LogP contribution in [0, 0.1) is 18.8 Å². The number of hydrogen-bond acceptors (Lipinski definition) is 9. The molecule has 1 aliphatic heterocycles. The summed E-state index contributed by atoms with van der Waals surface area (Å²) in [7, 11) is 1.24. The third-order valence-electron chi connectivity index (χ3n) is 6.89. The Morgan fingerprint density at radius 2 is 1.97 bits per heavy atom. The molecule has 2 heterocycles. The molecule has 4 rings (SSSR count). The van der Waals surface area contributed by atoms with E-state index in [-0.39, 0.29) is 34.7 Å². The summed E-state index contributed by atoms with van der Waals surface area (Å²) in [6, 6.07) is 5.27. The minimum absolute atomic E-state index is 0.146. The lowest BCUT2D eigenvalue weighted by Gasteiger charge is -2.37. The fraction of sp³-hybridized carbons (Fsp3) is 0.429. The monoisotopic (exact) mass is 525 g/mol. The van der Waals surface area contributed by atoms with Crippen LogP contribution < -0.4 is 10.7 Å². The maximum absolute atomic E-state index is 13.8. The van der Waals surface area contributed by atoms with E-state index in [0.29, 0.717) is 34.5 Å². The van der Waals surface area contributed by atoms with E-state index < -0.39 is 29.6 Å². The molecule has 1 aliphatic carbocycles. The summed E-state index contributed by atoms with van der Waals surface area (Å²) in [5, 5.41) is 3.55. The number of methoxy groups -OCH3 is 1. The number of benzene rings is 1. The highest BCUT2D eigenvalue weighted by Crippen LogP contribution is 2.45. The molecule has 37 heavy (non-hydrogen) atoms. The minimum atomic E-state index is -1.05. The maximum Gasteiger partial charge on any atom is 0.336 e. The van der Waals surface area contributed by atoms with Gasteiger partial charge in [-0.3, -0.25) is 14.4 Å². The summed E-state index contributed by atoms with van der Waals surface area (Å²) in [6.45, 7) is 7.60. The summed E-state index contributed by atoms with van der Waals surface area (Å²) < 4.78 is 16.3. The number of ketones is 1. The highest BCUT2D eigenvalue weighted by Gasteiger charge is 2.48. The number of nitrogens with one attached hydrogen (secondary N) is 1. The van der Waals surface area contributed by atoms with Crippen molar-refractivity contribution in [2.75, 3.05) is 25.2 Å².